The highest BCUT2D eigenvalue weighted by atomic mass is 32.1. The molecule has 0 unspecified atom stereocenters. The van der Waals surface area contributed by atoms with Crippen molar-refractivity contribution in [1.29, 1.82) is 0 Å². The fourth-order valence-electron chi connectivity index (χ4n) is 4.05. The molecular weight excluding hydrogens is 500 g/mol. The van der Waals surface area contributed by atoms with E-state index in [1.54, 1.807) is 12.3 Å². The maximum Gasteiger partial charge on any atom is 0.270 e. The summed E-state index contributed by atoms with van der Waals surface area (Å²) in [4.78, 5) is 45.7. The zero-order valence-corrected chi connectivity index (χ0v) is 22.3. The molecular formula is C28H30N6O3S. The summed E-state index contributed by atoms with van der Waals surface area (Å²) in [5, 5.41) is 3.93. The quantitative estimate of drug-likeness (QED) is 0.298. The fraction of sp³-hybridized carbons (Fsp3) is 0.250. The molecule has 4 aromatic rings. The Kier molecular flexibility index (Phi) is 7.72. The number of fused-ring (bicyclic) bond motifs is 1. The van der Waals surface area contributed by atoms with Gasteiger partial charge in [-0.25, -0.2) is 0 Å². The Morgan fingerprint density at radius 1 is 1.08 bits per heavy atom. The summed E-state index contributed by atoms with van der Waals surface area (Å²) in [6, 6.07) is 17.5. The Balaban J connectivity index is 1.88. The Bertz CT molecular complexity index is 1480. The predicted octanol–water partition coefficient (Wildman–Crippen LogP) is 4.06. The van der Waals surface area contributed by atoms with Gasteiger partial charge in [-0.3, -0.25) is 19.4 Å². The number of nitrogens with zero attached hydrogens (tertiary/aromatic N) is 3. The van der Waals surface area contributed by atoms with E-state index in [1.807, 2.05) is 75.4 Å². The fourth-order valence-corrected chi connectivity index (χ4v) is 4.81. The third kappa shape index (κ3) is 5.65. The van der Waals surface area contributed by atoms with Crippen molar-refractivity contribution < 1.29 is 14.4 Å². The van der Waals surface area contributed by atoms with Crippen LogP contribution in [-0.2, 0) is 11.3 Å². The summed E-state index contributed by atoms with van der Waals surface area (Å²) < 4.78 is 4.00. The number of rotatable bonds is 9. The van der Waals surface area contributed by atoms with E-state index in [4.69, 9.17) is 11.5 Å². The summed E-state index contributed by atoms with van der Waals surface area (Å²) in [5.74, 6) is -1.70. The number of pyridine rings is 1. The van der Waals surface area contributed by atoms with Crippen molar-refractivity contribution in [3.05, 3.63) is 88.6 Å². The molecule has 4 rings (SSSR count). The van der Waals surface area contributed by atoms with E-state index >= 15 is 0 Å². The summed E-state index contributed by atoms with van der Waals surface area (Å²) in [5.41, 5.74) is 12.9. The molecule has 38 heavy (non-hydrogen) atoms. The van der Waals surface area contributed by atoms with Crippen LogP contribution in [0.15, 0.2) is 66.9 Å². The molecule has 3 amide bonds. The van der Waals surface area contributed by atoms with Crippen molar-refractivity contribution >= 4 is 45.8 Å². The van der Waals surface area contributed by atoms with Crippen molar-refractivity contribution in [2.45, 2.75) is 45.3 Å². The second kappa shape index (κ2) is 11.0. The smallest absolute Gasteiger partial charge is 0.270 e. The lowest BCUT2D eigenvalue weighted by Crippen LogP contribution is -2.50. The van der Waals surface area contributed by atoms with Crippen molar-refractivity contribution in [3.8, 4) is 0 Å². The van der Waals surface area contributed by atoms with Crippen LogP contribution in [0.3, 0.4) is 0 Å². The molecule has 2 aromatic heterocycles. The number of nitrogen functional groups attached to an aromatic ring is 1. The van der Waals surface area contributed by atoms with Gasteiger partial charge in [0.2, 0.25) is 5.91 Å². The lowest BCUT2D eigenvalue weighted by atomic mass is 9.97. The Morgan fingerprint density at radius 3 is 2.47 bits per heavy atom. The molecule has 0 radical (unpaired) electrons. The third-order valence-corrected chi connectivity index (χ3v) is 7.31. The van der Waals surface area contributed by atoms with Gasteiger partial charge in [-0.05, 0) is 61.1 Å². The van der Waals surface area contributed by atoms with E-state index in [-0.39, 0.29) is 28.7 Å². The van der Waals surface area contributed by atoms with Gasteiger partial charge in [0, 0.05) is 23.7 Å². The number of primary amides is 1. The first-order valence-corrected chi connectivity index (χ1v) is 12.9. The zero-order chi connectivity index (χ0) is 27.4. The normalized spacial score (nSPS) is 12.2. The molecule has 0 saturated carbocycles. The zero-order valence-electron chi connectivity index (χ0n) is 21.5. The number of hydrogen-bond acceptors (Lipinski definition) is 7. The van der Waals surface area contributed by atoms with E-state index < -0.39 is 23.4 Å². The maximum atomic E-state index is 14.1. The molecule has 1 atom stereocenters. The Morgan fingerprint density at radius 2 is 1.82 bits per heavy atom. The van der Waals surface area contributed by atoms with Crippen LogP contribution in [0, 0.1) is 0 Å². The molecule has 2 aromatic carbocycles. The molecule has 0 saturated heterocycles. The monoisotopic (exact) mass is 530 g/mol. The third-order valence-electron chi connectivity index (χ3n) is 6.46. The topological polar surface area (TPSA) is 144 Å². The number of benzene rings is 2. The molecule has 196 valence electrons. The minimum Gasteiger partial charge on any atom is -0.395 e. The van der Waals surface area contributed by atoms with Crippen molar-refractivity contribution in [3.63, 3.8) is 0 Å². The van der Waals surface area contributed by atoms with Crippen LogP contribution >= 0.6 is 11.5 Å². The summed E-state index contributed by atoms with van der Waals surface area (Å²) in [6.45, 7) is 5.94. The number of anilines is 1. The second-order valence-corrected chi connectivity index (χ2v) is 10.4. The Labute approximate surface area is 225 Å². The van der Waals surface area contributed by atoms with Gasteiger partial charge in [0.25, 0.3) is 11.8 Å². The molecule has 0 spiro atoms. The molecule has 2 heterocycles. The average Bonchev–Trinajstić information content (AvgIpc) is 3.29. The van der Waals surface area contributed by atoms with E-state index in [2.05, 4.69) is 14.7 Å². The number of carbonyl (C=O) groups is 3. The highest BCUT2D eigenvalue weighted by Crippen LogP contribution is 2.32. The van der Waals surface area contributed by atoms with Crippen LogP contribution < -0.4 is 16.8 Å². The first-order chi connectivity index (χ1) is 18.1. The second-order valence-electron chi connectivity index (χ2n) is 9.64. The van der Waals surface area contributed by atoms with Crippen LogP contribution in [0.2, 0.25) is 0 Å². The van der Waals surface area contributed by atoms with Crippen molar-refractivity contribution in [2.24, 2.45) is 5.73 Å². The van der Waals surface area contributed by atoms with Crippen LogP contribution in [-0.4, -0.2) is 37.5 Å². The van der Waals surface area contributed by atoms with Crippen molar-refractivity contribution in [2.75, 3.05) is 5.73 Å². The molecule has 5 N–H and O–H groups in total. The summed E-state index contributed by atoms with van der Waals surface area (Å²) in [6.07, 6.45) is 2.38. The van der Waals surface area contributed by atoms with E-state index in [0.717, 1.165) is 28.0 Å². The number of hydrogen-bond donors (Lipinski definition) is 3. The minimum atomic E-state index is -1.02. The Hall–Kier alpha value is -4.31. The predicted molar refractivity (Wildman–Crippen MR) is 148 cm³/mol. The van der Waals surface area contributed by atoms with Gasteiger partial charge in [-0.1, -0.05) is 49.4 Å². The average molecular weight is 531 g/mol. The van der Waals surface area contributed by atoms with Crippen LogP contribution in [0.25, 0.3) is 10.9 Å². The highest BCUT2D eigenvalue weighted by Gasteiger charge is 2.36. The number of nitrogens with two attached hydrogens (primary N) is 2. The standard InChI is InChI=1S/C28H30N6O3S/c1-4-28(2,3)32-26(36)23(19-12-13-20-18(15-19)11-8-14-31-20)34(16-17-9-6-5-7-10-17)27(37)24-21(29)22(25(30)35)33-38-24/h5-15,23H,4,16,29H2,1-3H3,(H2,30,35)(H,32,36)/t23-/m1/s1. The molecule has 0 aliphatic rings. The van der Waals surface area contributed by atoms with Gasteiger partial charge in [-0.15, -0.1) is 0 Å². The lowest BCUT2D eigenvalue weighted by Gasteiger charge is -2.34. The van der Waals surface area contributed by atoms with Crippen LogP contribution in [0.5, 0.6) is 0 Å². The molecule has 10 heteroatoms. The van der Waals surface area contributed by atoms with E-state index in [9.17, 15) is 14.4 Å². The van der Waals surface area contributed by atoms with Gasteiger partial charge in [-0.2, -0.15) is 4.37 Å². The van der Waals surface area contributed by atoms with Gasteiger partial charge in [0.05, 0.1) is 11.2 Å². The summed E-state index contributed by atoms with van der Waals surface area (Å²) in [7, 11) is 0. The lowest BCUT2D eigenvalue weighted by molar-refractivity contribution is -0.127. The van der Waals surface area contributed by atoms with Crippen LogP contribution in [0.1, 0.15) is 64.5 Å². The van der Waals surface area contributed by atoms with Crippen LogP contribution in [0.4, 0.5) is 5.69 Å². The SMILES string of the molecule is CCC(C)(C)NC(=O)[C@@H](c1ccc2ncccc2c1)N(Cc1ccccc1)C(=O)c1snc(C(N)=O)c1N. The summed E-state index contributed by atoms with van der Waals surface area (Å²) >= 11 is 0.787. The van der Waals surface area contributed by atoms with E-state index in [0.29, 0.717) is 12.0 Å². The first-order valence-electron chi connectivity index (χ1n) is 12.2. The number of amides is 3. The molecule has 0 aliphatic carbocycles. The van der Waals surface area contributed by atoms with Gasteiger partial charge in [0.15, 0.2) is 5.69 Å². The number of nitrogens with one attached hydrogen (secondary N) is 1. The molecule has 0 fully saturated rings. The van der Waals surface area contributed by atoms with Gasteiger partial charge >= 0.3 is 0 Å². The largest absolute Gasteiger partial charge is 0.395 e. The first kappa shape index (κ1) is 26.7. The molecule has 0 bridgehead atoms. The van der Waals surface area contributed by atoms with E-state index in [1.165, 1.54) is 4.90 Å². The van der Waals surface area contributed by atoms with Gasteiger partial charge < -0.3 is 21.7 Å². The minimum absolute atomic E-state index is 0.0461. The number of carbonyl (C=O) groups excluding carboxylic acids is 3. The number of aromatic nitrogens is 2. The molecule has 9 nitrogen and oxygen atoms in total. The molecule has 0 aliphatic heterocycles. The van der Waals surface area contributed by atoms with Crippen molar-refractivity contribution in [1.82, 2.24) is 19.6 Å². The highest BCUT2D eigenvalue weighted by molar-refractivity contribution is 7.09. The maximum absolute atomic E-state index is 14.1. The van der Waals surface area contributed by atoms with Gasteiger partial charge in [0.1, 0.15) is 10.9 Å².